The van der Waals surface area contributed by atoms with Crippen LogP contribution >= 0.6 is 0 Å². The Morgan fingerprint density at radius 1 is 0.667 bits per heavy atom. The first kappa shape index (κ1) is 25.4. The Balaban J connectivity index is 0. The third-order valence-electron chi connectivity index (χ3n) is 2.38. The molecule has 12 heteroatoms. The van der Waals surface area contributed by atoms with Crippen LogP contribution in [0.25, 0.3) is 0 Å². The fourth-order valence-electron chi connectivity index (χ4n) is 1.42. The number of para-hydroxylation sites is 2. The van der Waals surface area contributed by atoms with Crippen LogP contribution in [0.3, 0.4) is 0 Å². The van der Waals surface area contributed by atoms with E-state index in [0.29, 0.717) is 0 Å². The van der Waals surface area contributed by atoms with E-state index in [2.05, 4.69) is 0 Å². The van der Waals surface area contributed by atoms with Crippen molar-refractivity contribution in [3.8, 4) is 0 Å². The molecule has 128 valence electrons. The Bertz CT molecular complexity index is 801. The van der Waals surface area contributed by atoms with Crippen molar-refractivity contribution in [2.24, 2.45) is 0 Å². The number of halogens is 1. The first-order valence-electron chi connectivity index (χ1n) is 5.64. The fraction of sp³-hybridized carbons (Fsp3) is 0. The number of hydrogen-bond donors (Lipinski definition) is 2. The summed E-state index contributed by atoms with van der Waals surface area (Å²) in [6.45, 7) is 0. The van der Waals surface area contributed by atoms with E-state index in [4.69, 9.17) is 11.5 Å². The molecule has 2 rings (SSSR count). The summed E-state index contributed by atoms with van der Waals surface area (Å²) in [7, 11) is -8.82. The Morgan fingerprint density at radius 2 is 0.917 bits per heavy atom. The number of benzene rings is 2. The van der Waals surface area contributed by atoms with Gasteiger partial charge in [-0.3, -0.25) is 0 Å². The topological polar surface area (TPSA) is 166 Å². The van der Waals surface area contributed by atoms with E-state index in [1.165, 1.54) is 36.4 Å². The summed E-state index contributed by atoms with van der Waals surface area (Å²) in [6.07, 6.45) is 0. The Kier molecular flexibility index (Phi) is 10.8. The van der Waals surface area contributed by atoms with Crippen LogP contribution in [0.1, 0.15) is 0 Å². The zero-order valence-corrected chi connectivity index (χ0v) is 17.0. The molecule has 0 aliphatic heterocycles. The maximum absolute atomic E-state index is 10.4. The quantitative estimate of drug-likeness (QED) is 0.300. The molecule has 4 N–H and O–H groups in total. The maximum atomic E-state index is 10.4. The largest absolute Gasteiger partial charge is 1.00 e. The van der Waals surface area contributed by atoms with Crippen LogP contribution in [0.4, 0.5) is 11.4 Å². The fourth-order valence-corrected chi connectivity index (χ4v) is 2.62. The third kappa shape index (κ3) is 7.81. The molecule has 24 heavy (non-hydrogen) atoms. The van der Waals surface area contributed by atoms with Gasteiger partial charge in [-0.15, -0.1) is 0 Å². The Labute approximate surface area is 168 Å². The standard InChI is InChI=1S/2C6H7NO3S.ClH2.Na/c2*7-5-3-1-2-4-6(5)11(8,9)10;;/h2*1-4H,7H2,(H,8,9,10);1H2;/q;;2*+1/p-2. The van der Waals surface area contributed by atoms with E-state index >= 15 is 0 Å². The summed E-state index contributed by atoms with van der Waals surface area (Å²) < 4.78 is 62.5. The van der Waals surface area contributed by atoms with Gasteiger partial charge in [-0.1, -0.05) is 24.3 Å². The predicted molar refractivity (Wildman–Crippen MR) is 80.4 cm³/mol. The third-order valence-corrected chi connectivity index (χ3v) is 4.20. The van der Waals surface area contributed by atoms with Crippen LogP contribution in [0.5, 0.6) is 0 Å². The van der Waals surface area contributed by atoms with Crippen molar-refractivity contribution in [1.82, 2.24) is 0 Å². The van der Waals surface area contributed by atoms with Gasteiger partial charge in [0.15, 0.2) is 0 Å². The van der Waals surface area contributed by atoms with Crippen molar-refractivity contribution >= 4 is 31.6 Å². The normalized spacial score (nSPS) is 10.4. The second kappa shape index (κ2) is 10.2. The van der Waals surface area contributed by atoms with Crippen LogP contribution in [-0.2, 0) is 20.2 Å². The van der Waals surface area contributed by atoms with Crippen molar-refractivity contribution < 1.29 is 67.9 Å². The van der Waals surface area contributed by atoms with Crippen LogP contribution in [0, 0.1) is 12.4 Å². The van der Waals surface area contributed by atoms with Gasteiger partial charge in [0.1, 0.15) is 20.2 Å². The average molecular weight is 405 g/mol. The summed E-state index contributed by atoms with van der Waals surface area (Å²) in [6, 6.07) is 11.1. The van der Waals surface area contributed by atoms with Gasteiger partial charge in [0.2, 0.25) is 0 Å². The molecule has 0 fully saturated rings. The molecule has 0 radical (unpaired) electrons. The van der Waals surface area contributed by atoms with Crippen molar-refractivity contribution in [1.29, 1.82) is 0 Å². The van der Waals surface area contributed by atoms with E-state index in [1.54, 1.807) is 12.1 Å². The SMILES string of the molecule is Nc1ccccc1S(=O)(=O)[O-].Nc1ccccc1S(=O)(=O)[O-].[ClH2+].[Na+]. The molecular weight excluding hydrogens is 391 g/mol. The molecule has 2 aromatic rings. The van der Waals surface area contributed by atoms with Crippen molar-refractivity contribution in [2.75, 3.05) is 11.5 Å². The van der Waals surface area contributed by atoms with Crippen molar-refractivity contribution in [2.45, 2.75) is 9.79 Å². The minimum Gasteiger partial charge on any atom is -0.744 e. The van der Waals surface area contributed by atoms with Crippen LogP contribution in [0.15, 0.2) is 58.3 Å². The summed E-state index contributed by atoms with van der Waals surface area (Å²) in [5.41, 5.74) is 10.4. The van der Waals surface area contributed by atoms with Gasteiger partial charge in [0, 0.05) is 11.4 Å². The number of nitrogens with two attached hydrogens (primary N) is 2. The molecule has 0 aromatic heterocycles. The zero-order valence-electron chi connectivity index (χ0n) is 12.5. The Morgan fingerprint density at radius 3 is 1.08 bits per heavy atom. The number of rotatable bonds is 2. The molecule has 0 amide bonds. The number of hydrogen-bond acceptors (Lipinski definition) is 8. The van der Waals surface area contributed by atoms with Gasteiger partial charge in [-0.05, 0) is 24.3 Å². The van der Waals surface area contributed by atoms with E-state index < -0.39 is 20.2 Å². The van der Waals surface area contributed by atoms with Gasteiger partial charge in [0.05, 0.1) is 22.2 Å². The predicted octanol–water partition coefficient (Wildman–Crippen LogP) is -3.19. The van der Waals surface area contributed by atoms with E-state index in [1.807, 2.05) is 0 Å². The van der Waals surface area contributed by atoms with Gasteiger partial charge in [0.25, 0.3) is 0 Å². The molecule has 0 saturated heterocycles. The second-order valence-electron chi connectivity index (χ2n) is 3.98. The number of nitrogen functional groups attached to an aromatic ring is 2. The molecule has 0 bridgehead atoms. The molecule has 2 aromatic carbocycles. The first-order chi connectivity index (χ1) is 10.0. The van der Waals surface area contributed by atoms with Gasteiger partial charge >= 0.3 is 29.6 Å². The minimum atomic E-state index is -4.41. The molecule has 0 atom stereocenters. The van der Waals surface area contributed by atoms with Crippen LogP contribution < -0.4 is 41.0 Å². The van der Waals surface area contributed by atoms with E-state index in [9.17, 15) is 25.9 Å². The minimum absolute atomic E-state index is 0. The van der Waals surface area contributed by atoms with E-state index in [-0.39, 0.29) is 63.1 Å². The first-order valence-corrected chi connectivity index (χ1v) is 8.46. The van der Waals surface area contributed by atoms with Gasteiger partial charge < -0.3 is 20.6 Å². The Hall–Kier alpha value is -0.850. The van der Waals surface area contributed by atoms with E-state index in [0.717, 1.165) is 0 Å². The van der Waals surface area contributed by atoms with Crippen molar-refractivity contribution in [3.05, 3.63) is 48.5 Å². The molecule has 8 nitrogen and oxygen atoms in total. The second-order valence-corrected chi connectivity index (χ2v) is 6.68. The monoisotopic (exact) mass is 404 g/mol. The van der Waals surface area contributed by atoms with Gasteiger partial charge in [-0.25, -0.2) is 16.8 Å². The molecule has 0 spiro atoms. The average Bonchev–Trinajstić information content (AvgIpc) is 2.37. The maximum Gasteiger partial charge on any atom is 1.00 e. The number of anilines is 2. The zero-order chi connectivity index (χ0) is 17.0. The summed E-state index contributed by atoms with van der Waals surface area (Å²) in [5.74, 6) is 0. The molecule has 0 unspecified atom stereocenters. The van der Waals surface area contributed by atoms with Crippen molar-refractivity contribution in [3.63, 3.8) is 0 Å². The smallest absolute Gasteiger partial charge is 0.744 e. The van der Waals surface area contributed by atoms with Crippen LogP contribution in [-0.4, -0.2) is 25.9 Å². The molecule has 0 heterocycles. The van der Waals surface area contributed by atoms with Crippen LogP contribution in [0.2, 0.25) is 0 Å². The summed E-state index contributed by atoms with van der Waals surface area (Å²) in [5, 5.41) is 0. The summed E-state index contributed by atoms with van der Waals surface area (Å²) in [4.78, 5) is -0.722. The molecule has 0 saturated carbocycles. The van der Waals surface area contributed by atoms with Gasteiger partial charge in [-0.2, -0.15) is 0 Å². The summed E-state index contributed by atoms with van der Waals surface area (Å²) >= 11 is 0. The molecule has 0 aliphatic rings. The molecular formula is C12H14ClN2NaO6S2. The molecule has 0 aliphatic carbocycles.